The van der Waals surface area contributed by atoms with Crippen LogP contribution in [0.5, 0.6) is 0 Å². The van der Waals surface area contributed by atoms with Crippen LogP contribution in [0.2, 0.25) is 0 Å². The first-order valence-corrected chi connectivity index (χ1v) is 14.0. The predicted molar refractivity (Wildman–Crippen MR) is 149 cm³/mol. The minimum absolute atomic E-state index is 0.0368. The van der Waals surface area contributed by atoms with Gasteiger partial charge in [0.25, 0.3) is 0 Å². The molecule has 0 unspecified atom stereocenters. The number of unbranched alkanes of at least 4 members (excludes halogenated alkanes) is 7. The van der Waals surface area contributed by atoms with Crippen molar-refractivity contribution in [2.24, 2.45) is 15.4 Å². The quantitative estimate of drug-likeness (QED) is 0.216. The van der Waals surface area contributed by atoms with Crippen molar-refractivity contribution in [3.8, 4) is 0 Å². The van der Waals surface area contributed by atoms with E-state index in [2.05, 4.69) is 68.1 Å². The van der Waals surface area contributed by atoms with Crippen LogP contribution < -0.4 is 0 Å². The molecule has 0 saturated heterocycles. The summed E-state index contributed by atoms with van der Waals surface area (Å²) in [6, 6.07) is 20.9. The summed E-state index contributed by atoms with van der Waals surface area (Å²) in [4.78, 5) is 10.1. The molecule has 0 N–H and O–H groups in total. The molecule has 2 heterocycles. The van der Waals surface area contributed by atoms with E-state index in [4.69, 9.17) is 19.5 Å². The van der Waals surface area contributed by atoms with Crippen molar-refractivity contribution in [1.82, 2.24) is 0 Å². The van der Waals surface area contributed by atoms with Gasteiger partial charge in [-0.1, -0.05) is 106 Å². The molecule has 2 aromatic rings. The van der Waals surface area contributed by atoms with Gasteiger partial charge in [0.05, 0.1) is 0 Å². The summed E-state index contributed by atoms with van der Waals surface area (Å²) in [6.07, 6.45) is 11.1. The van der Waals surface area contributed by atoms with Crippen LogP contribution in [0.15, 0.2) is 70.6 Å². The zero-order valence-corrected chi connectivity index (χ0v) is 22.0. The van der Waals surface area contributed by atoms with Gasteiger partial charge in [-0.25, -0.2) is 9.98 Å². The second-order valence-corrected chi connectivity index (χ2v) is 10.4. The molecule has 2 aromatic carbocycles. The Balaban J connectivity index is 1.43. The molecular formula is C30H40N2O2S. The van der Waals surface area contributed by atoms with Gasteiger partial charge < -0.3 is 9.47 Å². The third-order valence-electron chi connectivity index (χ3n) is 7.20. The van der Waals surface area contributed by atoms with Crippen LogP contribution in [0.4, 0.5) is 0 Å². The van der Waals surface area contributed by atoms with E-state index in [0.717, 1.165) is 30.4 Å². The first-order valence-electron chi connectivity index (χ1n) is 13.3. The van der Waals surface area contributed by atoms with E-state index in [1.54, 1.807) is 0 Å². The van der Waals surface area contributed by atoms with Crippen molar-refractivity contribution in [3.05, 3.63) is 71.8 Å². The average Bonchev–Trinajstić information content (AvgIpc) is 3.60. The lowest BCUT2D eigenvalue weighted by Crippen LogP contribution is -2.37. The third-order valence-corrected chi connectivity index (χ3v) is 7.52. The van der Waals surface area contributed by atoms with Crippen molar-refractivity contribution in [2.75, 3.05) is 19.0 Å². The minimum Gasteiger partial charge on any atom is -0.478 e. The highest BCUT2D eigenvalue weighted by Gasteiger charge is 2.45. The minimum atomic E-state index is -0.431. The number of hydrogen-bond acceptors (Lipinski definition) is 5. The molecule has 0 radical (unpaired) electrons. The van der Waals surface area contributed by atoms with Crippen molar-refractivity contribution in [3.63, 3.8) is 0 Å². The molecule has 2 aliphatic heterocycles. The Morgan fingerprint density at radius 2 is 1.11 bits per heavy atom. The Hall–Kier alpha value is -2.27. The Morgan fingerprint density at radius 1 is 0.686 bits per heavy atom. The van der Waals surface area contributed by atoms with Gasteiger partial charge in [0.15, 0.2) is 11.8 Å². The molecule has 4 nitrogen and oxygen atoms in total. The second-order valence-electron chi connectivity index (χ2n) is 9.98. The third kappa shape index (κ3) is 6.91. The molecule has 0 bridgehead atoms. The fraction of sp³-hybridized carbons (Fsp3) is 0.533. The lowest BCUT2D eigenvalue weighted by Gasteiger charge is -2.28. The molecule has 4 rings (SSSR count). The molecule has 0 fully saturated rings. The van der Waals surface area contributed by atoms with E-state index in [-0.39, 0.29) is 12.1 Å². The van der Waals surface area contributed by atoms with Crippen molar-refractivity contribution in [1.29, 1.82) is 0 Å². The first-order chi connectivity index (χ1) is 17.2. The van der Waals surface area contributed by atoms with Crippen LogP contribution in [0, 0.1) is 5.41 Å². The molecule has 188 valence electrons. The zero-order valence-electron chi connectivity index (χ0n) is 21.1. The maximum atomic E-state index is 6.25. The largest absolute Gasteiger partial charge is 0.478 e. The molecule has 0 aliphatic carbocycles. The number of rotatable bonds is 14. The van der Waals surface area contributed by atoms with Crippen molar-refractivity contribution >= 4 is 24.4 Å². The van der Waals surface area contributed by atoms with E-state index in [0.29, 0.717) is 13.2 Å². The van der Waals surface area contributed by atoms with E-state index in [9.17, 15) is 0 Å². The molecule has 2 aliphatic rings. The highest BCUT2D eigenvalue weighted by molar-refractivity contribution is 7.80. The van der Waals surface area contributed by atoms with Gasteiger partial charge >= 0.3 is 0 Å². The number of hydrogen-bond donors (Lipinski definition) is 1. The Labute approximate surface area is 216 Å². The van der Waals surface area contributed by atoms with Crippen molar-refractivity contribution in [2.45, 2.75) is 76.8 Å². The van der Waals surface area contributed by atoms with Gasteiger partial charge in [-0.05, 0) is 36.6 Å². The summed E-state index contributed by atoms with van der Waals surface area (Å²) >= 11 is 4.31. The molecule has 0 aromatic heterocycles. The normalized spacial score (nSPS) is 19.7. The summed E-state index contributed by atoms with van der Waals surface area (Å²) in [5.74, 6) is 2.57. The number of thiol groups is 1. The van der Waals surface area contributed by atoms with Gasteiger partial charge in [-0.3, -0.25) is 0 Å². The topological polar surface area (TPSA) is 43.2 Å². The smallest absolute Gasteiger partial charge is 0.199 e. The lowest BCUT2D eigenvalue weighted by molar-refractivity contribution is 0.250. The number of nitrogens with zero attached hydrogens (tertiary/aromatic N) is 2. The van der Waals surface area contributed by atoms with Crippen LogP contribution in [0.3, 0.4) is 0 Å². The first kappa shape index (κ1) is 25.8. The Morgan fingerprint density at radius 3 is 1.57 bits per heavy atom. The SMILES string of the molecule is CC(CCCCCCCCCCS)(C1=N[C@@H](c2ccccc2)CO1)C1=N[C@@H](c2ccccc2)CO1. The Bertz CT molecular complexity index is 895. The number of aliphatic imine (C=N–C) groups is 2. The molecule has 0 saturated carbocycles. The molecule has 0 amide bonds. The van der Waals surface area contributed by atoms with E-state index in [1.165, 1.54) is 56.1 Å². The van der Waals surface area contributed by atoms with Gasteiger partial charge in [-0.15, -0.1) is 0 Å². The summed E-state index contributed by atoms with van der Waals surface area (Å²) in [5.41, 5.74) is 1.96. The molecule has 0 spiro atoms. The Kier molecular flexibility index (Phi) is 9.70. The van der Waals surface area contributed by atoms with Gasteiger partial charge in [0, 0.05) is 0 Å². The molecule has 2 atom stereocenters. The van der Waals surface area contributed by atoms with E-state index in [1.807, 2.05) is 12.1 Å². The second kappa shape index (κ2) is 13.2. The highest BCUT2D eigenvalue weighted by atomic mass is 32.1. The van der Waals surface area contributed by atoms with Crippen LogP contribution >= 0.6 is 12.6 Å². The van der Waals surface area contributed by atoms with Crippen LogP contribution in [-0.2, 0) is 9.47 Å². The summed E-state index contributed by atoms with van der Waals surface area (Å²) in [6.45, 7) is 3.37. The summed E-state index contributed by atoms with van der Waals surface area (Å²) < 4.78 is 12.5. The van der Waals surface area contributed by atoms with Gasteiger partial charge in [0.2, 0.25) is 0 Å². The van der Waals surface area contributed by atoms with E-state index < -0.39 is 5.41 Å². The monoisotopic (exact) mass is 492 g/mol. The van der Waals surface area contributed by atoms with Crippen molar-refractivity contribution < 1.29 is 9.47 Å². The molecule has 5 heteroatoms. The molecular weight excluding hydrogens is 452 g/mol. The summed E-state index contributed by atoms with van der Waals surface area (Å²) in [7, 11) is 0. The number of benzene rings is 2. The highest BCUT2D eigenvalue weighted by Crippen LogP contribution is 2.39. The lowest BCUT2D eigenvalue weighted by atomic mass is 9.83. The summed E-state index contributed by atoms with van der Waals surface area (Å²) in [5, 5.41) is 0. The number of ether oxygens (including phenoxy) is 2. The standard InChI is InChI=1S/C30H40N2O2S/c1-30(20-14-6-4-2-3-5-7-15-21-35,28-31-26(22-33-28)24-16-10-8-11-17-24)29-32-27(23-34-29)25-18-12-9-13-19-25/h8-13,16-19,26-27,35H,2-7,14-15,20-23H2,1H3/t26-,27-/m1/s1. The van der Waals surface area contributed by atoms with Crippen LogP contribution in [0.1, 0.15) is 87.9 Å². The fourth-order valence-electron chi connectivity index (χ4n) is 5.00. The molecule has 35 heavy (non-hydrogen) atoms. The fourth-order valence-corrected chi connectivity index (χ4v) is 5.22. The average molecular weight is 493 g/mol. The van der Waals surface area contributed by atoms with Gasteiger partial charge in [0.1, 0.15) is 30.7 Å². The van der Waals surface area contributed by atoms with Crippen LogP contribution in [-0.4, -0.2) is 30.8 Å². The van der Waals surface area contributed by atoms with Gasteiger partial charge in [-0.2, -0.15) is 12.6 Å². The maximum absolute atomic E-state index is 6.25. The maximum Gasteiger partial charge on any atom is 0.199 e. The predicted octanol–water partition coefficient (Wildman–Crippen LogP) is 7.77. The van der Waals surface area contributed by atoms with E-state index >= 15 is 0 Å². The zero-order chi connectivity index (χ0) is 24.3. The van der Waals surface area contributed by atoms with Crippen LogP contribution in [0.25, 0.3) is 0 Å².